The Morgan fingerprint density at radius 2 is 1.78 bits per heavy atom. The highest BCUT2D eigenvalue weighted by atomic mass is 127. The lowest BCUT2D eigenvalue weighted by molar-refractivity contribution is 0.268. The quantitative estimate of drug-likeness (QED) is 0.291. The molecule has 0 spiro atoms. The molecule has 1 unspecified atom stereocenters. The van der Waals surface area contributed by atoms with Gasteiger partial charge >= 0.3 is 0 Å². The van der Waals surface area contributed by atoms with Gasteiger partial charge in [-0.25, -0.2) is 0 Å². The number of nitrogens with one attached hydrogen (secondary N) is 2. The Labute approximate surface area is 179 Å². The van der Waals surface area contributed by atoms with Crippen molar-refractivity contribution < 1.29 is 9.84 Å². The number of guanidine groups is 1. The van der Waals surface area contributed by atoms with Gasteiger partial charge in [-0.05, 0) is 36.6 Å². The first-order chi connectivity index (χ1) is 12.8. The average Bonchev–Trinajstić information content (AvgIpc) is 2.69. The number of hydrogen-bond acceptors (Lipinski definition) is 3. The molecule has 0 fully saturated rings. The molecule has 2 aromatic rings. The Morgan fingerprint density at radius 3 is 2.37 bits per heavy atom. The molecule has 0 amide bonds. The summed E-state index contributed by atoms with van der Waals surface area (Å²) in [6.45, 7) is 4.25. The molecule has 1 atom stereocenters. The first-order valence-electron chi connectivity index (χ1n) is 9.07. The standard InChI is InChI=1S/C21H29N3O2.HI/c1-3-22-21(23-14-13-17-9-11-20(26-2)12-10-17)24-15-19(16-25)18-7-5-4-6-8-18;/h4-12,19,25H,3,13-16H2,1-2H3,(H2,22,23,24);1H. The molecule has 6 heteroatoms. The van der Waals surface area contributed by atoms with E-state index >= 15 is 0 Å². The molecule has 148 valence electrons. The maximum atomic E-state index is 9.67. The molecule has 0 saturated heterocycles. The highest BCUT2D eigenvalue weighted by molar-refractivity contribution is 14.0. The predicted octanol–water partition coefficient (Wildman–Crippen LogP) is 3.19. The van der Waals surface area contributed by atoms with Crippen molar-refractivity contribution in [2.24, 2.45) is 4.99 Å². The minimum atomic E-state index is 0. The number of aliphatic hydroxyl groups is 1. The number of halogens is 1. The highest BCUT2D eigenvalue weighted by Gasteiger charge is 2.09. The number of rotatable bonds is 9. The van der Waals surface area contributed by atoms with Crippen LogP contribution in [0, 0.1) is 0 Å². The van der Waals surface area contributed by atoms with Gasteiger partial charge in [-0.15, -0.1) is 24.0 Å². The fourth-order valence-corrected chi connectivity index (χ4v) is 2.65. The minimum Gasteiger partial charge on any atom is -0.497 e. The van der Waals surface area contributed by atoms with Gasteiger partial charge in [0.05, 0.1) is 20.3 Å². The normalized spacial score (nSPS) is 12.0. The van der Waals surface area contributed by atoms with Gasteiger partial charge in [0, 0.05) is 19.0 Å². The van der Waals surface area contributed by atoms with Crippen LogP contribution in [0.4, 0.5) is 0 Å². The first kappa shape index (κ1) is 23.2. The van der Waals surface area contributed by atoms with Crippen LogP contribution in [0.1, 0.15) is 24.0 Å². The lowest BCUT2D eigenvalue weighted by atomic mass is 10.0. The molecule has 0 bridgehead atoms. The molecule has 2 aromatic carbocycles. The van der Waals surface area contributed by atoms with E-state index in [2.05, 4.69) is 27.8 Å². The second-order valence-corrected chi connectivity index (χ2v) is 6.03. The van der Waals surface area contributed by atoms with Gasteiger partial charge in [0.1, 0.15) is 5.75 Å². The van der Waals surface area contributed by atoms with Crippen LogP contribution in [0.5, 0.6) is 5.75 Å². The lowest BCUT2D eigenvalue weighted by Crippen LogP contribution is -2.38. The van der Waals surface area contributed by atoms with Gasteiger partial charge in [0.2, 0.25) is 0 Å². The first-order valence-corrected chi connectivity index (χ1v) is 9.07. The molecular formula is C21H30IN3O2. The highest BCUT2D eigenvalue weighted by Crippen LogP contribution is 2.15. The van der Waals surface area contributed by atoms with Crippen LogP contribution in [0.25, 0.3) is 0 Å². The minimum absolute atomic E-state index is 0. The van der Waals surface area contributed by atoms with E-state index in [0.29, 0.717) is 6.54 Å². The van der Waals surface area contributed by atoms with E-state index in [4.69, 9.17) is 4.74 Å². The fourth-order valence-electron chi connectivity index (χ4n) is 2.65. The van der Waals surface area contributed by atoms with Crippen molar-refractivity contribution in [3.05, 3.63) is 65.7 Å². The summed E-state index contributed by atoms with van der Waals surface area (Å²) in [5, 5.41) is 16.3. The van der Waals surface area contributed by atoms with E-state index in [-0.39, 0.29) is 36.5 Å². The Balaban J connectivity index is 0.00000364. The maximum absolute atomic E-state index is 9.67. The molecule has 5 nitrogen and oxygen atoms in total. The van der Waals surface area contributed by atoms with Crippen molar-refractivity contribution in [3.8, 4) is 5.75 Å². The lowest BCUT2D eigenvalue weighted by Gasteiger charge is -2.15. The van der Waals surface area contributed by atoms with Gasteiger partial charge in [-0.1, -0.05) is 42.5 Å². The van der Waals surface area contributed by atoms with Crippen LogP contribution in [0.2, 0.25) is 0 Å². The third kappa shape index (κ3) is 8.17. The molecule has 0 saturated carbocycles. The Morgan fingerprint density at radius 1 is 1.07 bits per heavy atom. The van der Waals surface area contributed by atoms with Crippen LogP contribution in [0.3, 0.4) is 0 Å². The van der Waals surface area contributed by atoms with Crippen molar-refractivity contribution in [1.82, 2.24) is 10.6 Å². The number of nitrogens with zero attached hydrogens (tertiary/aromatic N) is 1. The Bertz CT molecular complexity index is 663. The summed E-state index contributed by atoms with van der Waals surface area (Å²) in [4.78, 5) is 4.63. The summed E-state index contributed by atoms with van der Waals surface area (Å²) in [6.07, 6.45) is 0.899. The van der Waals surface area contributed by atoms with Gasteiger partial charge in [-0.2, -0.15) is 0 Å². The zero-order valence-electron chi connectivity index (χ0n) is 16.0. The van der Waals surface area contributed by atoms with Crippen molar-refractivity contribution in [2.45, 2.75) is 19.3 Å². The van der Waals surface area contributed by atoms with Crippen molar-refractivity contribution in [1.29, 1.82) is 0 Å². The van der Waals surface area contributed by atoms with Crippen LogP contribution in [0.15, 0.2) is 59.6 Å². The third-order valence-electron chi connectivity index (χ3n) is 4.17. The van der Waals surface area contributed by atoms with E-state index in [0.717, 1.165) is 36.8 Å². The number of aliphatic imine (C=N–C) groups is 1. The summed E-state index contributed by atoms with van der Waals surface area (Å²) in [5.41, 5.74) is 2.35. The molecule has 0 aromatic heterocycles. The number of ether oxygens (including phenoxy) is 1. The topological polar surface area (TPSA) is 65.9 Å². The molecular weight excluding hydrogens is 453 g/mol. The SMILES string of the molecule is CCNC(=NCC(CO)c1ccccc1)NCCc1ccc(OC)cc1.I. The van der Waals surface area contributed by atoms with Gasteiger partial charge in [0.15, 0.2) is 5.96 Å². The number of benzene rings is 2. The van der Waals surface area contributed by atoms with E-state index < -0.39 is 0 Å². The molecule has 0 heterocycles. The van der Waals surface area contributed by atoms with Gasteiger partial charge in [0.25, 0.3) is 0 Å². The fraction of sp³-hybridized carbons (Fsp3) is 0.381. The molecule has 27 heavy (non-hydrogen) atoms. The largest absolute Gasteiger partial charge is 0.497 e. The second-order valence-electron chi connectivity index (χ2n) is 6.03. The van der Waals surface area contributed by atoms with Crippen molar-refractivity contribution in [2.75, 3.05) is 33.4 Å². The summed E-state index contributed by atoms with van der Waals surface area (Å²) in [5.74, 6) is 1.65. The number of aliphatic hydroxyl groups excluding tert-OH is 1. The van der Waals surface area contributed by atoms with Crippen molar-refractivity contribution in [3.63, 3.8) is 0 Å². The van der Waals surface area contributed by atoms with E-state index in [1.54, 1.807) is 7.11 Å². The molecule has 2 rings (SSSR count). The third-order valence-corrected chi connectivity index (χ3v) is 4.17. The Kier molecular flexibility index (Phi) is 11.5. The smallest absolute Gasteiger partial charge is 0.191 e. The predicted molar refractivity (Wildman–Crippen MR) is 122 cm³/mol. The molecule has 0 aliphatic rings. The van der Waals surface area contributed by atoms with E-state index in [9.17, 15) is 5.11 Å². The second kappa shape index (κ2) is 13.4. The van der Waals surface area contributed by atoms with Crippen LogP contribution < -0.4 is 15.4 Å². The van der Waals surface area contributed by atoms with Gasteiger partial charge in [-0.3, -0.25) is 4.99 Å². The van der Waals surface area contributed by atoms with Gasteiger partial charge < -0.3 is 20.5 Å². The number of methoxy groups -OCH3 is 1. The summed E-state index contributed by atoms with van der Waals surface area (Å²) in [6, 6.07) is 18.1. The van der Waals surface area contributed by atoms with E-state index in [1.807, 2.05) is 49.4 Å². The zero-order valence-corrected chi connectivity index (χ0v) is 18.4. The molecule has 0 radical (unpaired) electrons. The van der Waals surface area contributed by atoms with E-state index in [1.165, 1.54) is 5.56 Å². The summed E-state index contributed by atoms with van der Waals surface area (Å²) >= 11 is 0. The van der Waals surface area contributed by atoms with Crippen LogP contribution in [-0.4, -0.2) is 44.4 Å². The zero-order chi connectivity index (χ0) is 18.6. The average molecular weight is 483 g/mol. The monoisotopic (exact) mass is 483 g/mol. The van der Waals surface area contributed by atoms with Crippen LogP contribution in [-0.2, 0) is 6.42 Å². The summed E-state index contributed by atoms with van der Waals surface area (Å²) in [7, 11) is 1.67. The Hall–Kier alpha value is -1.80. The molecule has 3 N–H and O–H groups in total. The maximum Gasteiger partial charge on any atom is 0.191 e. The molecule has 0 aliphatic heterocycles. The summed E-state index contributed by atoms with van der Waals surface area (Å²) < 4.78 is 5.18. The molecule has 0 aliphatic carbocycles. The van der Waals surface area contributed by atoms with Crippen LogP contribution >= 0.6 is 24.0 Å². The number of hydrogen-bond donors (Lipinski definition) is 3. The van der Waals surface area contributed by atoms with Crippen molar-refractivity contribution >= 4 is 29.9 Å².